The van der Waals surface area contributed by atoms with Crippen LogP contribution < -0.4 is 0 Å². The van der Waals surface area contributed by atoms with Crippen molar-refractivity contribution in [1.29, 1.82) is 0 Å². The SMILES string of the molecule is Cc1[nH]nc(C2CC2)c1C(=O)N1CCN(S(=O)(=O)N2CCCC2)CC1. The summed E-state index contributed by atoms with van der Waals surface area (Å²) in [4.78, 5) is 14.7. The molecule has 3 fully saturated rings. The lowest BCUT2D eigenvalue weighted by Gasteiger charge is -2.35. The minimum Gasteiger partial charge on any atom is -0.336 e. The van der Waals surface area contributed by atoms with Crippen LogP contribution in [0.15, 0.2) is 0 Å². The zero-order chi connectivity index (χ0) is 17.6. The number of carbonyl (C=O) groups is 1. The van der Waals surface area contributed by atoms with E-state index in [1.165, 1.54) is 4.31 Å². The van der Waals surface area contributed by atoms with Gasteiger partial charge in [0.15, 0.2) is 0 Å². The molecule has 0 aromatic carbocycles. The molecule has 9 heteroatoms. The fraction of sp³-hybridized carbons (Fsp3) is 0.750. The van der Waals surface area contributed by atoms with Gasteiger partial charge in [-0.3, -0.25) is 9.89 Å². The molecule has 1 aliphatic carbocycles. The Morgan fingerprint density at radius 1 is 1.04 bits per heavy atom. The fourth-order valence-electron chi connectivity index (χ4n) is 3.73. The van der Waals surface area contributed by atoms with Crippen molar-refractivity contribution in [2.75, 3.05) is 39.3 Å². The summed E-state index contributed by atoms with van der Waals surface area (Å²) in [6.07, 6.45) is 4.04. The van der Waals surface area contributed by atoms with E-state index in [4.69, 9.17) is 0 Å². The van der Waals surface area contributed by atoms with E-state index in [0.717, 1.165) is 37.1 Å². The molecular formula is C16H25N5O3S. The molecule has 0 bridgehead atoms. The number of piperazine rings is 1. The van der Waals surface area contributed by atoms with Crippen LogP contribution in [0, 0.1) is 6.92 Å². The van der Waals surface area contributed by atoms with Crippen LogP contribution in [0.25, 0.3) is 0 Å². The second-order valence-corrected chi connectivity index (χ2v) is 9.12. The van der Waals surface area contributed by atoms with E-state index in [1.54, 1.807) is 9.21 Å². The minimum absolute atomic E-state index is 0.0219. The Hall–Kier alpha value is -1.45. The summed E-state index contributed by atoms with van der Waals surface area (Å²) in [5.41, 5.74) is 2.38. The molecule has 1 N–H and O–H groups in total. The molecule has 3 heterocycles. The van der Waals surface area contributed by atoms with Gasteiger partial charge in [-0.05, 0) is 32.6 Å². The van der Waals surface area contributed by atoms with Crippen LogP contribution in [0.5, 0.6) is 0 Å². The van der Waals surface area contributed by atoms with Crippen LogP contribution in [0.1, 0.15) is 53.3 Å². The van der Waals surface area contributed by atoms with E-state index in [-0.39, 0.29) is 5.91 Å². The molecule has 2 aliphatic heterocycles. The van der Waals surface area contributed by atoms with Crippen molar-refractivity contribution in [3.05, 3.63) is 17.0 Å². The highest BCUT2D eigenvalue weighted by Crippen LogP contribution is 2.41. The third-order valence-electron chi connectivity index (χ3n) is 5.40. The van der Waals surface area contributed by atoms with Crippen LogP contribution in [0.4, 0.5) is 0 Å². The Kier molecular flexibility index (Phi) is 4.33. The standard InChI is InChI=1S/C16H25N5O3S/c1-12-14(15(18-17-12)13-4-5-13)16(22)19-8-10-21(11-9-19)25(23,24)20-6-2-3-7-20/h13H,2-11H2,1H3,(H,17,18). The van der Waals surface area contributed by atoms with Gasteiger partial charge in [-0.2, -0.15) is 22.1 Å². The number of H-pyrrole nitrogens is 1. The first-order valence-electron chi connectivity index (χ1n) is 9.08. The van der Waals surface area contributed by atoms with Crippen molar-refractivity contribution in [3.63, 3.8) is 0 Å². The van der Waals surface area contributed by atoms with Crippen molar-refractivity contribution in [2.45, 2.75) is 38.5 Å². The van der Waals surface area contributed by atoms with Gasteiger partial charge in [0.25, 0.3) is 16.1 Å². The molecule has 1 saturated carbocycles. The number of hydrogen-bond acceptors (Lipinski definition) is 4. The van der Waals surface area contributed by atoms with E-state index in [0.29, 0.717) is 50.7 Å². The van der Waals surface area contributed by atoms with Crippen molar-refractivity contribution >= 4 is 16.1 Å². The van der Waals surface area contributed by atoms with Crippen LogP contribution >= 0.6 is 0 Å². The zero-order valence-electron chi connectivity index (χ0n) is 14.6. The van der Waals surface area contributed by atoms with Crippen LogP contribution in [-0.2, 0) is 10.2 Å². The molecule has 0 unspecified atom stereocenters. The van der Waals surface area contributed by atoms with Gasteiger partial charge in [0.05, 0.1) is 11.3 Å². The van der Waals surface area contributed by atoms with Crippen molar-refractivity contribution in [3.8, 4) is 0 Å². The van der Waals surface area contributed by atoms with E-state index in [1.807, 2.05) is 6.92 Å². The molecule has 25 heavy (non-hydrogen) atoms. The molecule has 138 valence electrons. The third kappa shape index (κ3) is 3.09. The monoisotopic (exact) mass is 367 g/mol. The van der Waals surface area contributed by atoms with Crippen molar-refractivity contribution in [2.24, 2.45) is 0 Å². The molecule has 3 aliphatic rings. The molecule has 0 spiro atoms. The van der Waals surface area contributed by atoms with Crippen LogP contribution in [0.2, 0.25) is 0 Å². The number of rotatable bonds is 4. The average Bonchev–Trinajstić information content (AvgIpc) is 3.15. The molecule has 0 radical (unpaired) electrons. The number of carbonyl (C=O) groups excluding carboxylic acids is 1. The molecule has 0 atom stereocenters. The smallest absolute Gasteiger partial charge is 0.282 e. The number of amides is 1. The Labute approximate surface area is 148 Å². The molecule has 1 aromatic heterocycles. The van der Waals surface area contributed by atoms with Gasteiger partial charge in [-0.15, -0.1) is 0 Å². The largest absolute Gasteiger partial charge is 0.336 e. The summed E-state index contributed by atoms with van der Waals surface area (Å²) < 4.78 is 28.3. The predicted molar refractivity (Wildman–Crippen MR) is 92.5 cm³/mol. The van der Waals surface area contributed by atoms with E-state index in [2.05, 4.69) is 10.2 Å². The second kappa shape index (κ2) is 6.37. The number of nitrogens with one attached hydrogen (secondary N) is 1. The maximum Gasteiger partial charge on any atom is 0.282 e. The normalized spacial score (nSPS) is 23.3. The molecular weight excluding hydrogens is 342 g/mol. The highest BCUT2D eigenvalue weighted by molar-refractivity contribution is 7.86. The van der Waals surface area contributed by atoms with Crippen LogP contribution in [0.3, 0.4) is 0 Å². The molecule has 1 aromatic rings. The number of hydrogen-bond donors (Lipinski definition) is 1. The number of aromatic amines is 1. The molecule has 2 saturated heterocycles. The maximum absolute atomic E-state index is 12.9. The van der Waals surface area contributed by atoms with Gasteiger partial charge in [0.2, 0.25) is 0 Å². The Morgan fingerprint density at radius 3 is 2.24 bits per heavy atom. The number of aromatic nitrogens is 2. The zero-order valence-corrected chi connectivity index (χ0v) is 15.4. The lowest BCUT2D eigenvalue weighted by Crippen LogP contribution is -2.53. The number of nitrogens with zero attached hydrogens (tertiary/aromatic N) is 4. The third-order valence-corrected chi connectivity index (χ3v) is 7.43. The topological polar surface area (TPSA) is 89.6 Å². The highest BCUT2D eigenvalue weighted by atomic mass is 32.2. The average molecular weight is 367 g/mol. The summed E-state index contributed by atoms with van der Waals surface area (Å²) >= 11 is 0. The van der Waals surface area contributed by atoms with Gasteiger partial charge in [-0.25, -0.2) is 0 Å². The lowest BCUT2D eigenvalue weighted by atomic mass is 10.1. The van der Waals surface area contributed by atoms with Crippen molar-refractivity contribution in [1.82, 2.24) is 23.7 Å². The second-order valence-electron chi connectivity index (χ2n) is 7.19. The Bertz CT molecular complexity index is 757. The van der Waals surface area contributed by atoms with E-state index >= 15 is 0 Å². The Balaban J connectivity index is 1.43. The van der Waals surface area contributed by atoms with Crippen LogP contribution in [-0.4, -0.2) is 77.3 Å². The van der Waals surface area contributed by atoms with E-state index in [9.17, 15) is 13.2 Å². The quantitative estimate of drug-likeness (QED) is 0.848. The van der Waals surface area contributed by atoms with E-state index < -0.39 is 10.2 Å². The highest BCUT2D eigenvalue weighted by Gasteiger charge is 2.37. The predicted octanol–water partition coefficient (Wildman–Crippen LogP) is 0.694. The van der Waals surface area contributed by atoms with Gasteiger partial charge in [0, 0.05) is 50.9 Å². The minimum atomic E-state index is -3.37. The summed E-state index contributed by atoms with van der Waals surface area (Å²) in [6, 6.07) is 0. The maximum atomic E-state index is 12.9. The lowest BCUT2D eigenvalue weighted by molar-refractivity contribution is 0.0692. The molecule has 4 rings (SSSR count). The first kappa shape index (κ1) is 17.0. The van der Waals surface area contributed by atoms with Crippen molar-refractivity contribution < 1.29 is 13.2 Å². The first-order chi connectivity index (χ1) is 12.0. The summed E-state index contributed by atoms with van der Waals surface area (Å²) in [7, 11) is -3.37. The number of aryl methyl sites for hydroxylation is 1. The molecule has 8 nitrogen and oxygen atoms in total. The van der Waals surface area contributed by atoms with Gasteiger partial charge in [-0.1, -0.05) is 0 Å². The molecule has 1 amide bonds. The first-order valence-corrected chi connectivity index (χ1v) is 10.5. The van der Waals surface area contributed by atoms with Gasteiger partial charge >= 0.3 is 0 Å². The Morgan fingerprint density at radius 2 is 1.64 bits per heavy atom. The summed E-state index contributed by atoms with van der Waals surface area (Å²) in [5, 5.41) is 7.25. The van der Waals surface area contributed by atoms with Gasteiger partial charge in [0.1, 0.15) is 0 Å². The summed E-state index contributed by atoms with van der Waals surface area (Å²) in [5.74, 6) is 0.382. The van der Waals surface area contributed by atoms with Gasteiger partial charge < -0.3 is 4.90 Å². The summed E-state index contributed by atoms with van der Waals surface area (Å²) in [6.45, 7) is 4.68. The fourth-order valence-corrected chi connectivity index (χ4v) is 5.40.